The first-order valence-corrected chi connectivity index (χ1v) is 4.76. The molecule has 2 aliphatic rings. The Morgan fingerprint density at radius 2 is 2.23 bits per heavy atom. The van der Waals surface area contributed by atoms with Gasteiger partial charge >= 0.3 is 0 Å². The maximum Gasteiger partial charge on any atom is 0.0668 e. The van der Waals surface area contributed by atoms with Crippen LogP contribution >= 0.6 is 0 Å². The number of fused-ring (bicyclic) bond motifs is 2. The molecule has 0 aliphatic carbocycles. The van der Waals surface area contributed by atoms with Crippen LogP contribution < -0.4 is 5.32 Å². The highest BCUT2D eigenvalue weighted by Crippen LogP contribution is 2.40. The van der Waals surface area contributed by atoms with Gasteiger partial charge in [-0.15, -0.1) is 0 Å². The Balaban J connectivity index is 2.16. The molecule has 2 heteroatoms. The second kappa shape index (κ2) is 2.42. The third-order valence-electron chi connectivity index (χ3n) is 3.08. The van der Waals surface area contributed by atoms with Crippen LogP contribution in [-0.2, 0) is 5.41 Å². The van der Waals surface area contributed by atoms with Gasteiger partial charge in [0, 0.05) is 18.2 Å². The van der Waals surface area contributed by atoms with Crippen molar-refractivity contribution in [3.05, 3.63) is 29.8 Å². The van der Waals surface area contributed by atoms with Crippen molar-refractivity contribution in [1.82, 2.24) is 5.32 Å². The van der Waals surface area contributed by atoms with Crippen LogP contribution in [-0.4, -0.2) is 19.3 Å². The van der Waals surface area contributed by atoms with E-state index in [1.807, 2.05) is 0 Å². The monoisotopic (exact) mass is 172 g/mol. The standard InChI is InChI=1S/C11H12N2/c1-2-4-10-9(3-1)11(8-13-10)5-6-12-7-11/h1-4,8,12H,5-7H2. The van der Waals surface area contributed by atoms with Gasteiger partial charge in [0.2, 0.25) is 0 Å². The number of aliphatic imine (C=N–C) groups is 1. The Morgan fingerprint density at radius 1 is 1.31 bits per heavy atom. The molecule has 2 nitrogen and oxygen atoms in total. The summed E-state index contributed by atoms with van der Waals surface area (Å²) in [5, 5.41) is 3.40. The zero-order valence-electron chi connectivity index (χ0n) is 7.46. The highest BCUT2D eigenvalue weighted by Gasteiger charge is 2.38. The van der Waals surface area contributed by atoms with Gasteiger partial charge in [-0.1, -0.05) is 18.2 Å². The second-order valence-electron chi connectivity index (χ2n) is 3.86. The fourth-order valence-electron chi connectivity index (χ4n) is 2.32. The summed E-state index contributed by atoms with van der Waals surface area (Å²) < 4.78 is 0. The topological polar surface area (TPSA) is 24.4 Å². The van der Waals surface area contributed by atoms with Crippen LogP contribution in [0.5, 0.6) is 0 Å². The van der Waals surface area contributed by atoms with E-state index in [1.165, 1.54) is 12.0 Å². The van der Waals surface area contributed by atoms with E-state index in [0.717, 1.165) is 18.8 Å². The van der Waals surface area contributed by atoms with Crippen molar-refractivity contribution in [1.29, 1.82) is 0 Å². The second-order valence-corrected chi connectivity index (χ2v) is 3.86. The highest BCUT2D eigenvalue weighted by atomic mass is 14.9. The minimum Gasteiger partial charge on any atom is -0.315 e. The minimum atomic E-state index is 0.219. The van der Waals surface area contributed by atoms with Gasteiger partial charge < -0.3 is 5.32 Å². The molecule has 1 N–H and O–H groups in total. The van der Waals surface area contributed by atoms with Crippen molar-refractivity contribution in [2.75, 3.05) is 13.1 Å². The molecular weight excluding hydrogens is 160 g/mol. The van der Waals surface area contributed by atoms with Gasteiger partial charge in [0.25, 0.3) is 0 Å². The average molecular weight is 172 g/mol. The Labute approximate surface area is 77.7 Å². The molecule has 2 heterocycles. The van der Waals surface area contributed by atoms with E-state index in [0.29, 0.717) is 0 Å². The number of hydrogen-bond acceptors (Lipinski definition) is 2. The number of para-hydroxylation sites is 1. The first-order chi connectivity index (χ1) is 6.41. The molecule has 1 spiro atoms. The predicted octanol–water partition coefficient (Wildman–Crippen LogP) is 1.63. The lowest BCUT2D eigenvalue weighted by molar-refractivity contribution is 0.664. The number of hydrogen-bond donors (Lipinski definition) is 1. The van der Waals surface area contributed by atoms with E-state index in [9.17, 15) is 0 Å². The molecule has 1 saturated heterocycles. The largest absolute Gasteiger partial charge is 0.315 e. The fourth-order valence-corrected chi connectivity index (χ4v) is 2.32. The number of nitrogens with zero attached hydrogens (tertiary/aromatic N) is 1. The molecule has 0 radical (unpaired) electrons. The molecule has 1 fully saturated rings. The third kappa shape index (κ3) is 0.893. The molecule has 1 atom stereocenters. The summed E-state index contributed by atoms with van der Waals surface area (Å²) in [4.78, 5) is 4.47. The summed E-state index contributed by atoms with van der Waals surface area (Å²) in [7, 11) is 0. The Bertz CT molecular complexity index is 362. The molecule has 0 bridgehead atoms. The molecular formula is C11H12N2. The summed E-state index contributed by atoms with van der Waals surface area (Å²) in [6.45, 7) is 2.16. The molecule has 1 aromatic rings. The summed E-state index contributed by atoms with van der Waals surface area (Å²) in [5.41, 5.74) is 2.78. The van der Waals surface area contributed by atoms with Crippen LogP contribution in [0.2, 0.25) is 0 Å². The summed E-state index contributed by atoms with van der Waals surface area (Å²) in [6.07, 6.45) is 3.31. The van der Waals surface area contributed by atoms with Crippen molar-refractivity contribution >= 4 is 11.9 Å². The van der Waals surface area contributed by atoms with Crippen molar-refractivity contribution in [3.63, 3.8) is 0 Å². The van der Waals surface area contributed by atoms with Crippen LogP contribution in [0.3, 0.4) is 0 Å². The van der Waals surface area contributed by atoms with Crippen LogP contribution in [0, 0.1) is 0 Å². The molecule has 3 rings (SSSR count). The summed E-state index contributed by atoms with van der Waals surface area (Å²) in [5.74, 6) is 0. The van der Waals surface area contributed by atoms with E-state index in [-0.39, 0.29) is 5.41 Å². The first kappa shape index (κ1) is 7.27. The lowest BCUT2D eigenvalue weighted by atomic mass is 9.82. The van der Waals surface area contributed by atoms with Crippen molar-refractivity contribution in [3.8, 4) is 0 Å². The smallest absolute Gasteiger partial charge is 0.0668 e. The molecule has 1 aromatic carbocycles. The third-order valence-corrected chi connectivity index (χ3v) is 3.08. The number of rotatable bonds is 0. The van der Waals surface area contributed by atoms with Gasteiger partial charge in [-0.3, -0.25) is 4.99 Å². The van der Waals surface area contributed by atoms with Gasteiger partial charge in [-0.05, 0) is 24.6 Å². The van der Waals surface area contributed by atoms with E-state index in [4.69, 9.17) is 0 Å². The van der Waals surface area contributed by atoms with Crippen molar-refractivity contribution in [2.24, 2.45) is 4.99 Å². The number of benzene rings is 1. The SMILES string of the molecule is C1=Nc2ccccc2C12CCNC2. The highest BCUT2D eigenvalue weighted by molar-refractivity contribution is 5.85. The maximum atomic E-state index is 4.47. The maximum absolute atomic E-state index is 4.47. The lowest BCUT2D eigenvalue weighted by Crippen LogP contribution is -2.28. The molecule has 66 valence electrons. The number of nitrogens with one attached hydrogen (secondary N) is 1. The Kier molecular flexibility index (Phi) is 1.35. The minimum absolute atomic E-state index is 0.219. The van der Waals surface area contributed by atoms with E-state index in [1.54, 1.807) is 0 Å². The molecule has 2 aliphatic heterocycles. The normalized spacial score (nSPS) is 29.8. The van der Waals surface area contributed by atoms with E-state index in [2.05, 4.69) is 40.8 Å². The van der Waals surface area contributed by atoms with Gasteiger partial charge in [0.1, 0.15) is 0 Å². The summed E-state index contributed by atoms with van der Waals surface area (Å²) in [6, 6.07) is 8.46. The molecule has 13 heavy (non-hydrogen) atoms. The Hall–Kier alpha value is -1.15. The van der Waals surface area contributed by atoms with Gasteiger partial charge in [-0.2, -0.15) is 0 Å². The van der Waals surface area contributed by atoms with Crippen LogP contribution in [0.15, 0.2) is 29.3 Å². The van der Waals surface area contributed by atoms with Crippen LogP contribution in [0.25, 0.3) is 0 Å². The van der Waals surface area contributed by atoms with Gasteiger partial charge in [0.05, 0.1) is 5.69 Å². The van der Waals surface area contributed by atoms with Crippen LogP contribution in [0.1, 0.15) is 12.0 Å². The molecule has 1 unspecified atom stereocenters. The fraction of sp³-hybridized carbons (Fsp3) is 0.364. The zero-order chi connectivity index (χ0) is 8.73. The Morgan fingerprint density at radius 3 is 3.08 bits per heavy atom. The van der Waals surface area contributed by atoms with Gasteiger partial charge in [-0.25, -0.2) is 0 Å². The summed E-state index contributed by atoms with van der Waals surface area (Å²) >= 11 is 0. The molecule has 0 aromatic heterocycles. The molecule has 0 amide bonds. The lowest BCUT2D eigenvalue weighted by Gasteiger charge is -2.19. The quantitative estimate of drug-likeness (QED) is 0.632. The van der Waals surface area contributed by atoms with E-state index < -0.39 is 0 Å². The molecule has 0 saturated carbocycles. The van der Waals surface area contributed by atoms with Gasteiger partial charge in [0.15, 0.2) is 0 Å². The van der Waals surface area contributed by atoms with Crippen LogP contribution in [0.4, 0.5) is 5.69 Å². The predicted molar refractivity (Wildman–Crippen MR) is 53.8 cm³/mol. The van der Waals surface area contributed by atoms with Crippen molar-refractivity contribution in [2.45, 2.75) is 11.8 Å². The van der Waals surface area contributed by atoms with Crippen molar-refractivity contribution < 1.29 is 0 Å². The first-order valence-electron chi connectivity index (χ1n) is 4.76. The average Bonchev–Trinajstić information content (AvgIpc) is 2.78. The zero-order valence-corrected chi connectivity index (χ0v) is 7.46. The van der Waals surface area contributed by atoms with E-state index >= 15 is 0 Å².